The molecule has 6 rings (SSSR count). The van der Waals surface area contributed by atoms with Gasteiger partial charge in [-0.3, -0.25) is 4.90 Å². The first-order valence-corrected chi connectivity index (χ1v) is 13.5. The van der Waals surface area contributed by atoms with Crippen molar-refractivity contribution in [1.82, 2.24) is 4.90 Å². The van der Waals surface area contributed by atoms with E-state index in [0.717, 1.165) is 62.3 Å². The molecule has 5 heteroatoms. The van der Waals surface area contributed by atoms with Crippen molar-refractivity contribution < 1.29 is 15.3 Å². The van der Waals surface area contributed by atoms with Gasteiger partial charge in [-0.2, -0.15) is 0 Å². The van der Waals surface area contributed by atoms with Crippen molar-refractivity contribution in [2.24, 2.45) is 52.8 Å². The Kier molecular flexibility index (Phi) is 6.02. The van der Waals surface area contributed by atoms with Gasteiger partial charge in [-0.1, -0.05) is 20.8 Å². The molecule has 0 aromatic rings. The highest BCUT2D eigenvalue weighted by atomic mass is 35.5. The van der Waals surface area contributed by atoms with Crippen molar-refractivity contribution in [3.05, 3.63) is 0 Å². The fourth-order valence-corrected chi connectivity index (χ4v) is 10.6. The van der Waals surface area contributed by atoms with E-state index < -0.39 is 5.60 Å². The fraction of sp³-hybridized carbons (Fsp3) is 1.00. The van der Waals surface area contributed by atoms with Crippen molar-refractivity contribution in [3.8, 4) is 0 Å². The molecule has 0 aromatic heterocycles. The lowest BCUT2D eigenvalue weighted by molar-refractivity contribution is -0.176. The number of aliphatic hydroxyl groups excluding tert-OH is 2. The van der Waals surface area contributed by atoms with E-state index >= 15 is 0 Å². The Morgan fingerprint density at radius 1 is 0.781 bits per heavy atom. The van der Waals surface area contributed by atoms with Crippen LogP contribution in [0.5, 0.6) is 0 Å². The van der Waals surface area contributed by atoms with Crippen LogP contribution in [-0.4, -0.2) is 57.2 Å². The molecule has 6 aliphatic rings. The first-order chi connectivity index (χ1) is 14.7. The molecule has 4 saturated carbocycles. The molecule has 184 valence electrons. The largest absolute Gasteiger partial charge is 0.393 e. The molecular weight excluding hydrogens is 422 g/mol. The molecule has 4 nitrogen and oxygen atoms in total. The third-order valence-corrected chi connectivity index (χ3v) is 12.1. The molecule has 0 bridgehead atoms. The van der Waals surface area contributed by atoms with Crippen molar-refractivity contribution >= 4 is 12.4 Å². The summed E-state index contributed by atoms with van der Waals surface area (Å²) >= 11 is 0. The summed E-state index contributed by atoms with van der Waals surface area (Å²) in [5.74, 6) is 4.30. The highest BCUT2D eigenvalue weighted by Crippen LogP contribution is 2.68. The molecule has 0 unspecified atom stereocenters. The number of aliphatic hydroxyl groups is 3. The Morgan fingerprint density at radius 3 is 2.34 bits per heavy atom. The van der Waals surface area contributed by atoms with Crippen LogP contribution in [-0.2, 0) is 0 Å². The lowest BCUT2D eigenvalue weighted by Gasteiger charge is -2.59. The fourth-order valence-electron chi connectivity index (χ4n) is 10.6. The maximum absolute atomic E-state index is 12.3. The summed E-state index contributed by atoms with van der Waals surface area (Å²) < 4.78 is 0. The molecule has 13 atom stereocenters. The van der Waals surface area contributed by atoms with Gasteiger partial charge in [-0.15, -0.1) is 12.4 Å². The van der Waals surface area contributed by atoms with E-state index in [4.69, 9.17) is 0 Å². The van der Waals surface area contributed by atoms with Crippen molar-refractivity contribution in [3.63, 3.8) is 0 Å². The van der Waals surface area contributed by atoms with Crippen LogP contribution in [0.1, 0.15) is 78.6 Å². The molecule has 0 aromatic carbocycles. The first-order valence-electron chi connectivity index (χ1n) is 13.5. The van der Waals surface area contributed by atoms with Gasteiger partial charge in [0.1, 0.15) is 0 Å². The quantitative estimate of drug-likeness (QED) is 0.501. The summed E-state index contributed by atoms with van der Waals surface area (Å²) in [6.45, 7) is 9.76. The molecule has 0 amide bonds. The van der Waals surface area contributed by atoms with E-state index in [9.17, 15) is 15.3 Å². The molecule has 3 N–H and O–H groups in total. The minimum absolute atomic E-state index is 0. The Labute approximate surface area is 200 Å². The molecule has 0 spiro atoms. The second-order valence-electron chi connectivity index (χ2n) is 13.3. The lowest BCUT2D eigenvalue weighted by atomic mass is 9.50. The molecule has 2 aliphatic heterocycles. The van der Waals surface area contributed by atoms with Gasteiger partial charge in [-0.25, -0.2) is 0 Å². The number of hydrogen-bond donors (Lipinski definition) is 3. The highest BCUT2D eigenvalue weighted by molar-refractivity contribution is 5.85. The summed E-state index contributed by atoms with van der Waals surface area (Å²) in [4.78, 5) is 2.81. The van der Waals surface area contributed by atoms with Crippen molar-refractivity contribution in [2.75, 3.05) is 13.1 Å². The molecule has 6 fully saturated rings. The van der Waals surface area contributed by atoms with Crippen LogP contribution in [0.3, 0.4) is 0 Å². The van der Waals surface area contributed by atoms with E-state index in [2.05, 4.69) is 25.7 Å². The second-order valence-corrected chi connectivity index (χ2v) is 13.3. The standard InChI is InChI=1S/C27H45NO3.ClH/c1-15-4-5-24-16(2)18-7-9-27(31)20(19(18)14-28(24)13-15)11-21-22(27)12-25(30)23-10-17(29)6-8-26(21,23)3;/h15-25,29-31H,4-14H2,1-3H3;1H/t15-,16-,17-,18-,19-,20+,21+,22-,23-,24+,25+,26-,27+;/m1./s1. The maximum Gasteiger partial charge on any atom is 0.0711 e. The van der Waals surface area contributed by atoms with Crippen LogP contribution >= 0.6 is 12.4 Å². The SMILES string of the molecule is C[C@@H]1CC[C@H]2[C@H](C)[C@H]3CC[C@@]4(O)[C@@H]5C[C@H](O)[C@H]6C[C@H](O)CC[C@]6(C)[C@H]5C[C@H]4[C@@H]3CN2C1.Cl. The number of rotatable bonds is 0. The Morgan fingerprint density at radius 2 is 1.56 bits per heavy atom. The van der Waals surface area contributed by atoms with Gasteiger partial charge in [0.2, 0.25) is 0 Å². The van der Waals surface area contributed by atoms with Gasteiger partial charge in [-0.05, 0) is 111 Å². The lowest BCUT2D eigenvalue weighted by Crippen LogP contribution is -2.62. The van der Waals surface area contributed by atoms with E-state index in [-0.39, 0.29) is 41.9 Å². The molecule has 0 radical (unpaired) electrons. The molecule has 2 heterocycles. The summed E-state index contributed by atoms with van der Waals surface area (Å²) in [6.07, 6.45) is 8.78. The number of hydrogen-bond acceptors (Lipinski definition) is 4. The summed E-state index contributed by atoms with van der Waals surface area (Å²) in [5, 5.41) is 33.8. The van der Waals surface area contributed by atoms with Gasteiger partial charge >= 0.3 is 0 Å². The number of halogens is 1. The minimum Gasteiger partial charge on any atom is -0.393 e. The Hall–Kier alpha value is 0.130. The topological polar surface area (TPSA) is 63.9 Å². The van der Waals surface area contributed by atoms with Gasteiger partial charge in [0.25, 0.3) is 0 Å². The molecule has 4 aliphatic carbocycles. The van der Waals surface area contributed by atoms with Crippen LogP contribution in [0.2, 0.25) is 0 Å². The number of fused-ring (bicyclic) bond motifs is 8. The smallest absolute Gasteiger partial charge is 0.0711 e. The zero-order chi connectivity index (χ0) is 21.7. The van der Waals surface area contributed by atoms with Crippen molar-refractivity contribution in [2.45, 2.75) is 102 Å². The molecular formula is C27H46ClNO3. The van der Waals surface area contributed by atoms with Crippen LogP contribution in [0.4, 0.5) is 0 Å². The minimum atomic E-state index is -0.579. The highest BCUT2D eigenvalue weighted by Gasteiger charge is 2.67. The monoisotopic (exact) mass is 467 g/mol. The zero-order valence-electron chi connectivity index (χ0n) is 20.3. The summed E-state index contributed by atoms with van der Waals surface area (Å²) in [7, 11) is 0. The molecule has 32 heavy (non-hydrogen) atoms. The third kappa shape index (κ3) is 3.22. The predicted molar refractivity (Wildman–Crippen MR) is 129 cm³/mol. The zero-order valence-corrected chi connectivity index (χ0v) is 21.1. The van der Waals surface area contributed by atoms with Crippen LogP contribution in [0.15, 0.2) is 0 Å². The van der Waals surface area contributed by atoms with Gasteiger partial charge in [0.15, 0.2) is 0 Å². The second kappa shape index (κ2) is 8.08. The summed E-state index contributed by atoms with van der Waals surface area (Å²) in [6, 6.07) is 0.760. The van der Waals surface area contributed by atoms with E-state index in [0.29, 0.717) is 17.8 Å². The normalized spacial score (nSPS) is 59.6. The van der Waals surface area contributed by atoms with E-state index in [1.54, 1.807) is 0 Å². The number of piperidine rings is 2. The third-order valence-electron chi connectivity index (χ3n) is 12.1. The van der Waals surface area contributed by atoms with Gasteiger partial charge < -0.3 is 15.3 Å². The van der Waals surface area contributed by atoms with E-state index in [1.807, 2.05) is 0 Å². The van der Waals surface area contributed by atoms with Crippen LogP contribution in [0, 0.1) is 52.8 Å². The van der Waals surface area contributed by atoms with Gasteiger partial charge in [0.05, 0.1) is 17.8 Å². The van der Waals surface area contributed by atoms with Gasteiger partial charge in [0, 0.05) is 19.1 Å². The summed E-state index contributed by atoms with van der Waals surface area (Å²) in [5.41, 5.74) is -0.503. The van der Waals surface area contributed by atoms with Crippen molar-refractivity contribution in [1.29, 1.82) is 0 Å². The average Bonchev–Trinajstić information content (AvgIpc) is 3.03. The Bertz CT molecular complexity index is 719. The maximum atomic E-state index is 12.3. The molecule has 2 saturated heterocycles. The van der Waals surface area contributed by atoms with E-state index in [1.165, 1.54) is 32.4 Å². The first kappa shape index (κ1) is 23.9. The number of nitrogens with zero attached hydrogens (tertiary/aromatic N) is 1. The predicted octanol–water partition coefficient (Wildman–Crippen LogP) is 4.10. The van der Waals surface area contributed by atoms with Crippen LogP contribution in [0.25, 0.3) is 0 Å². The van der Waals surface area contributed by atoms with Crippen LogP contribution < -0.4 is 0 Å². The Balaban J connectivity index is 0.00000216. The average molecular weight is 468 g/mol.